The van der Waals surface area contributed by atoms with Crippen LogP contribution in [0.3, 0.4) is 0 Å². The predicted octanol–water partition coefficient (Wildman–Crippen LogP) is 1.92. The van der Waals surface area contributed by atoms with Crippen molar-refractivity contribution in [3.05, 3.63) is 35.5 Å². The molecule has 0 aliphatic carbocycles. The zero-order valence-electron chi connectivity index (χ0n) is 16.8. The number of methoxy groups -OCH3 is 1. The summed E-state index contributed by atoms with van der Waals surface area (Å²) in [7, 11) is 1.59. The van der Waals surface area contributed by atoms with Crippen molar-refractivity contribution in [1.29, 1.82) is 0 Å². The van der Waals surface area contributed by atoms with Gasteiger partial charge in [0.25, 0.3) is 0 Å². The van der Waals surface area contributed by atoms with Gasteiger partial charge in [0.15, 0.2) is 0 Å². The Bertz CT molecular complexity index is 759. The zero-order valence-corrected chi connectivity index (χ0v) is 16.8. The molecule has 1 aromatic rings. The van der Waals surface area contributed by atoms with Crippen LogP contribution in [0.1, 0.15) is 26.7 Å². The molecule has 1 unspecified atom stereocenters. The number of urea groups is 1. The third kappa shape index (κ3) is 6.70. The average molecular weight is 406 g/mol. The molecular weight excluding hydrogens is 380 g/mol. The number of hydrogen-bond acceptors (Lipinski definition) is 7. The highest BCUT2D eigenvalue weighted by Gasteiger charge is 2.30. The summed E-state index contributed by atoms with van der Waals surface area (Å²) in [5.74, 6) is 0.387. The van der Waals surface area contributed by atoms with Crippen LogP contribution in [0.2, 0.25) is 0 Å². The minimum atomic E-state index is -0.563. The number of ether oxygens (including phenoxy) is 4. The number of benzene rings is 1. The Balaban J connectivity index is 1.80. The van der Waals surface area contributed by atoms with Gasteiger partial charge in [-0.25, -0.2) is 9.59 Å². The molecule has 158 valence electrons. The number of rotatable bonds is 10. The first kappa shape index (κ1) is 22.1. The summed E-state index contributed by atoms with van der Waals surface area (Å²) in [6, 6.07) is 6.11. The number of carbonyl (C=O) groups is 3. The Morgan fingerprint density at radius 3 is 2.45 bits per heavy atom. The van der Waals surface area contributed by atoms with Crippen molar-refractivity contribution in [3.63, 3.8) is 0 Å². The molecule has 9 nitrogen and oxygen atoms in total. The molecule has 0 saturated heterocycles. The van der Waals surface area contributed by atoms with Crippen molar-refractivity contribution in [2.75, 3.05) is 26.9 Å². The van der Waals surface area contributed by atoms with Crippen LogP contribution < -0.4 is 20.1 Å². The Hall–Kier alpha value is -3.23. The summed E-state index contributed by atoms with van der Waals surface area (Å²) < 4.78 is 20.8. The molecule has 1 aromatic carbocycles. The summed E-state index contributed by atoms with van der Waals surface area (Å²) in [4.78, 5) is 35.8. The SMILES string of the molecule is CCOC(=O)C1=C(COC(=O)CCCOc2ccc(OC)cc2)NC(=O)NC1C. The van der Waals surface area contributed by atoms with Gasteiger partial charge < -0.3 is 29.6 Å². The summed E-state index contributed by atoms with van der Waals surface area (Å²) in [5.41, 5.74) is 0.463. The molecule has 1 aliphatic heterocycles. The van der Waals surface area contributed by atoms with E-state index in [1.165, 1.54) is 0 Å². The molecule has 1 aliphatic rings. The smallest absolute Gasteiger partial charge is 0.338 e. The topological polar surface area (TPSA) is 112 Å². The number of esters is 2. The highest BCUT2D eigenvalue weighted by molar-refractivity contribution is 5.94. The Kier molecular flexibility index (Phi) is 8.32. The molecule has 0 saturated carbocycles. The Morgan fingerprint density at radius 2 is 1.79 bits per heavy atom. The molecule has 1 heterocycles. The van der Waals surface area contributed by atoms with E-state index in [-0.39, 0.29) is 30.9 Å². The van der Waals surface area contributed by atoms with Gasteiger partial charge in [-0.05, 0) is 44.5 Å². The molecule has 0 spiro atoms. The molecule has 2 rings (SSSR count). The van der Waals surface area contributed by atoms with Gasteiger partial charge in [0.2, 0.25) is 0 Å². The lowest BCUT2D eigenvalue weighted by Gasteiger charge is -2.26. The van der Waals surface area contributed by atoms with Crippen molar-refractivity contribution in [1.82, 2.24) is 10.6 Å². The van der Waals surface area contributed by atoms with E-state index in [2.05, 4.69) is 10.6 Å². The van der Waals surface area contributed by atoms with E-state index >= 15 is 0 Å². The van der Waals surface area contributed by atoms with Crippen LogP contribution in [0.15, 0.2) is 35.5 Å². The molecule has 9 heteroatoms. The Labute approximate surface area is 169 Å². The van der Waals surface area contributed by atoms with Crippen molar-refractivity contribution >= 4 is 18.0 Å². The highest BCUT2D eigenvalue weighted by Crippen LogP contribution is 2.17. The predicted molar refractivity (Wildman–Crippen MR) is 103 cm³/mol. The second-order valence-electron chi connectivity index (χ2n) is 6.22. The van der Waals surface area contributed by atoms with E-state index in [9.17, 15) is 14.4 Å². The monoisotopic (exact) mass is 406 g/mol. The zero-order chi connectivity index (χ0) is 21.2. The van der Waals surface area contributed by atoms with Gasteiger partial charge in [-0.1, -0.05) is 0 Å². The molecule has 1 atom stereocenters. The van der Waals surface area contributed by atoms with E-state index in [0.29, 0.717) is 18.8 Å². The van der Waals surface area contributed by atoms with E-state index in [4.69, 9.17) is 18.9 Å². The van der Waals surface area contributed by atoms with Gasteiger partial charge in [-0.2, -0.15) is 0 Å². The average Bonchev–Trinajstić information content (AvgIpc) is 2.69. The van der Waals surface area contributed by atoms with Crippen LogP contribution in [0.5, 0.6) is 11.5 Å². The summed E-state index contributed by atoms with van der Waals surface area (Å²) in [5, 5.41) is 5.08. The van der Waals surface area contributed by atoms with E-state index < -0.39 is 24.0 Å². The first-order valence-corrected chi connectivity index (χ1v) is 9.34. The molecular formula is C20H26N2O7. The lowest BCUT2D eigenvalue weighted by Crippen LogP contribution is -2.50. The van der Waals surface area contributed by atoms with Crippen molar-refractivity contribution in [2.24, 2.45) is 0 Å². The third-order valence-corrected chi connectivity index (χ3v) is 4.10. The second-order valence-corrected chi connectivity index (χ2v) is 6.22. The van der Waals surface area contributed by atoms with E-state index in [1.54, 1.807) is 45.2 Å². The van der Waals surface area contributed by atoms with Crippen LogP contribution in [0.4, 0.5) is 4.79 Å². The van der Waals surface area contributed by atoms with Crippen molar-refractivity contribution in [2.45, 2.75) is 32.7 Å². The summed E-state index contributed by atoms with van der Waals surface area (Å²) in [6.07, 6.45) is 0.596. The maximum atomic E-state index is 12.1. The fourth-order valence-corrected chi connectivity index (χ4v) is 2.70. The number of hydrogen-bond donors (Lipinski definition) is 2. The van der Waals surface area contributed by atoms with Crippen LogP contribution >= 0.6 is 0 Å². The summed E-state index contributed by atoms with van der Waals surface area (Å²) >= 11 is 0. The molecule has 0 aromatic heterocycles. The second kappa shape index (κ2) is 10.9. The highest BCUT2D eigenvalue weighted by atomic mass is 16.5. The number of nitrogens with one attached hydrogen (secondary N) is 2. The fourth-order valence-electron chi connectivity index (χ4n) is 2.70. The third-order valence-electron chi connectivity index (χ3n) is 4.10. The Morgan fingerprint density at radius 1 is 1.10 bits per heavy atom. The molecule has 0 fully saturated rings. The van der Waals surface area contributed by atoms with Crippen LogP contribution in [0, 0.1) is 0 Å². The first-order chi connectivity index (χ1) is 13.9. The van der Waals surface area contributed by atoms with Gasteiger partial charge >= 0.3 is 18.0 Å². The van der Waals surface area contributed by atoms with Crippen molar-refractivity contribution in [3.8, 4) is 11.5 Å². The molecule has 29 heavy (non-hydrogen) atoms. The number of amides is 2. The lowest BCUT2D eigenvalue weighted by atomic mass is 10.0. The largest absolute Gasteiger partial charge is 0.497 e. The standard InChI is InChI=1S/C20H26N2O7/c1-4-27-19(24)18-13(2)21-20(25)22-16(18)12-29-17(23)6-5-11-28-15-9-7-14(26-3)8-10-15/h7-10,13H,4-6,11-12H2,1-3H3,(H2,21,22,25). The van der Waals surface area contributed by atoms with Crippen LogP contribution in [-0.4, -0.2) is 50.9 Å². The summed E-state index contributed by atoms with van der Waals surface area (Å²) in [6.45, 7) is 3.67. The molecule has 0 radical (unpaired) electrons. The first-order valence-electron chi connectivity index (χ1n) is 9.34. The normalized spacial score (nSPS) is 15.8. The van der Waals surface area contributed by atoms with Gasteiger partial charge in [0, 0.05) is 6.42 Å². The van der Waals surface area contributed by atoms with Gasteiger partial charge in [0.05, 0.1) is 37.6 Å². The maximum Gasteiger partial charge on any atom is 0.338 e. The van der Waals surface area contributed by atoms with Gasteiger partial charge in [-0.3, -0.25) is 4.79 Å². The van der Waals surface area contributed by atoms with E-state index in [1.807, 2.05) is 0 Å². The van der Waals surface area contributed by atoms with Gasteiger partial charge in [0.1, 0.15) is 18.1 Å². The minimum absolute atomic E-state index is 0.139. The number of carbonyl (C=O) groups excluding carboxylic acids is 3. The maximum absolute atomic E-state index is 12.1. The molecule has 0 bridgehead atoms. The fraction of sp³-hybridized carbons (Fsp3) is 0.450. The molecule has 2 N–H and O–H groups in total. The quantitative estimate of drug-likeness (QED) is 0.451. The minimum Gasteiger partial charge on any atom is -0.497 e. The van der Waals surface area contributed by atoms with Crippen molar-refractivity contribution < 1.29 is 33.3 Å². The van der Waals surface area contributed by atoms with Gasteiger partial charge in [-0.15, -0.1) is 0 Å². The van der Waals surface area contributed by atoms with Crippen LogP contribution in [-0.2, 0) is 19.1 Å². The van der Waals surface area contributed by atoms with Crippen LogP contribution in [0.25, 0.3) is 0 Å². The molecule has 2 amide bonds. The van der Waals surface area contributed by atoms with E-state index in [0.717, 1.165) is 5.75 Å². The lowest BCUT2D eigenvalue weighted by molar-refractivity contribution is -0.144.